The first-order valence-corrected chi connectivity index (χ1v) is 8.13. The highest BCUT2D eigenvalue weighted by Crippen LogP contribution is 2.37. The minimum absolute atomic E-state index is 0.430. The van der Waals surface area contributed by atoms with Gasteiger partial charge in [0.1, 0.15) is 13.2 Å². The zero-order valence-corrected chi connectivity index (χ0v) is 12.9. The first-order chi connectivity index (χ1) is 10.3. The molecule has 0 amide bonds. The van der Waals surface area contributed by atoms with E-state index < -0.39 is 0 Å². The molecule has 1 unspecified atom stereocenters. The number of benzene rings is 1. The Morgan fingerprint density at radius 3 is 2.57 bits per heavy atom. The number of rotatable bonds is 4. The minimum Gasteiger partial charge on any atom is -0.486 e. The number of nitrogens with two attached hydrogens (primary N) is 1. The van der Waals surface area contributed by atoms with Gasteiger partial charge in [-0.1, -0.05) is 13.0 Å². The molecule has 0 aliphatic carbocycles. The lowest BCUT2D eigenvalue weighted by molar-refractivity contribution is 0.168. The summed E-state index contributed by atoms with van der Waals surface area (Å²) < 4.78 is 11.3. The Morgan fingerprint density at radius 2 is 1.90 bits per heavy atom. The van der Waals surface area contributed by atoms with E-state index >= 15 is 0 Å². The van der Waals surface area contributed by atoms with Crippen molar-refractivity contribution in [2.45, 2.75) is 25.7 Å². The Hall–Kier alpha value is -1.26. The molecule has 1 saturated heterocycles. The lowest BCUT2D eigenvalue weighted by Gasteiger charge is -2.35. The van der Waals surface area contributed by atoms with Crippen LogP contribution in [0.3, 0.4) is 0 Å². The maximum Gasteiger partial charge on any atom is 0.161 e. The average molecular weight is 290 g/mol. The fourth-order valence-corrected chi connectivity index (χ4v) is 3.56. The zero-order chi connectivity index (χ0) is 14.7. The van der Waals surface area contributed by atoms with Crippen LogP contribution < -0.4 is 15.2 Å². The van der Waals surface area contributed by atoms with Gasteiger partial charge in [0.25, 0.3) is 0 Å². The standard InChI is InChI=1S/C17H26N2O2/c1-2-19-7-5-13(6-8-19)15(12-18)14-3-4-16-17(11-14)21-10-9-20-16/h3-4,11,13,15H,2,5-10,12,18H2,1H3. The lowest BCUT2D eigenvalue weighted by Crippen LogP contribution is -2.37. The van der Waals surface area contributed by atoms with Gasteiger partial charge < -0.3 is 20.1 Å². The van der Waals surface area contributed by atoms with E-state index in [0.29, 0.717) is 31.6 Å². The van der Waals surface area contributed by atoms with Crippen LogP contribution in [0.25, 0.3) is 0 Å². The average Bonchev–Trinajstić information content (AvgIpc) is 2.56. The Balaban J connectivity index is 1.74. The molecule has 1 aromatic carbocycles. The third-order valence-electron chi connectivity index (χ3n) is 4.90. The summed E-state index contributed by atoms with van der Waals surface area (Å²) in [6, 6.07) is 6.34. The van der Waals surface area contributed by atoms with Gasteiger partial charge in [0.2, 0.25) is 0 Å². The van der Waals surface area contributed by atoms with Crippen molar-refractivity contribution in [1.29, 1.82) is 0 Å². The van der Waals surface area contributed by atoms with Crippen molar-refractivity contribution in [3.8, 4) is 11.5 Å². The number of piperidine rings is 1. The molecule has 3 rings (SSSR count). The van der Waals surface area contributed by atoms with Gasteiger partial charge in [-0.25, -0.2) is 0 Å². The molecule has 0 aromatic heterocycles. The summed E-state index contributed by atoms with van der Waals surface area (Å²) in [5.74, 6) is 2.85. The Labute approximate surface area is 127 Å². The molecule has 2 aliphatic heterocycles. The largest absolute Gasteiger partial charge is 0.486 e. The monoisotopic (exact) mass is 290 g/mol. The van der Waals surface area contributed by atoms with Crippen LogP contribution in [-0.2, 0) is 0 Å². The molecule has 1 atom stereocenters. The topological polar surface area (TPSA) is 47.7 Å². The van der Waals surface area contributed by atoms with Crippen LogP contribution in [0.2, 0.25) is 0 Å². The molecule has 0 saturated carbocycles. The van der Waals surface area contributed by atoms with Crippen LogP contribution >= 0.6 is 0 Å². The van der Waals surface area contributed by atoms with Crippen LogP contribution in [0.5, 0.6) is 11.5 Å². The highest BCUT2D eigenvalue weighted by Gasteiger charge is 2.27. The third kappa shape index (κ3) is 3.16. The van der Waals surface area contributed by atoms with E-state index in [-0.39, 0.29) is 0 Å². The summed E-state index contributed by atoms with van der Waals surface area (Å²) in [5, 5.41) is 0. The molecule has 21 heavy (non-hydrogen) atoms. The first-order valence-electron chi connectivity index (χ1n) is 8.13. The van der Waals surface area contributed by atoms with Crippen LogP contribution in [0.4, 0.5) is 0 Å². The van der Waals surface area contributed by atoms with Gasteiger partial charge in [-0.15, -0.1) is 0 Å². The Kier molecular flexibility index (Phi) is 4.66. The molecule has 0 spiro atoms. The molecule has 4 nitrogen and oxygen atoms in total. The zero-order valence-electron chi connectivity index (χ0n) is 12.9. The van der Waals surface area contributed by atoms with Gasteiger partial charge in [-0.3, -0.25) is 0 Å². The predicted molar refractivity (Wildman–Crippen MR) is 84.1 cm³/mol. The number of likely N-dealkylation sites (tertiary alicyclic amines) is 1. The normalized spacial score (nSPS) is 21.2. The summed E-state index contributed by atoms with van der Waals surface area (Å²) in [5.41, 5.74) is 7.40. The molecule has 2 aliphatic rings. The van der Waals surface area contributed by atoms with Crippen molar-refractivity contribution in [3.05, 3.63) is 23.8 Å². The first kappa shape index (κ1) is 14.7. The van der Waals surface area contributed by atoms with E-state index in [1.54, 1.807) is 0 Å². The summed E-state index contributed by atoms with van der Waals surface area (Å²) in [6.07, 6.45) is 2.48. The molecule has 0 radical (unpaired) electrons. The van der Waals surface area contributed by atoms with Gasteiger partial charge in [-0.05, 0) is 68.6 Å². The van der Waals surface area contributed by atoms with Crippen molar-refractivity contribution in [1.82, 2.24) is 4.90 Å². The van der Waals surface area contributed by atoms with E-state index in [2.05, 4.69) is 24.0 Å². The van der Waals surface area contributed by atoms with Crippen molar-refractivity contribution in [2.75, 3.05) is 39.4 Å². The summed E-state index contributed by atoms with van der Waals surface area (Å²) in [7, 11) is 0. The van der Waals surface area contributed by atoms with Gasteiger partial charge in [0, 0.05) is 0 Å². The number of hydrogen-bond donors (Lipinski definition) is 1. The van der Waals surface area contributed by atoms with Crippen molar-refractivity contribution >= 4 is 0 Å². The van der Waals surface area contributed by atoms with Crippen LogP contribution in [0.15, 0.2) is 18.2 Å². The smallest absolute Gasteiger partial charge is 0.161 e. The lowest BCUT2D eigenvalue weighted by atomic mass is 9.80. The second kappa shape index (κ2) is 6.67. The number of hydrogen-bond acceptors (Lipinski definition) is 4. The fourth-order valence-electron chi connectivity index (χ4n) is 3.56. The molecule has 1 fully saturated rings. The molecular weight excluding hydrogens is 264 g/mol. The summed E-state index contributed by atoms with van der Waals surface area (Å²) >= 11 is 0. The molecule has 2 heterocycles. The maximum absolute atomic E-state index is 6.09. The summed E-state index contributed by atoms with van der Waals surface area (Å²) in [6.45, 7) is 7.77. The Bertz CT molecular complexity index is 470. The van der Waals surface area contributed by atoms with Gasteiger partial charge in [0.05, 0.1) is 0 Å². The molecule has 1 aromatic rings. The van der Waals surface area contributed by atoms with Crippen molar-refractivity contribution in [3.63, 3.8) is 0 Å². The second-order valence-corrected chi connectivity index (χ2v) is 6.02. The minimum atomic E-state index is 0.430. The fraction of sp³-hybridized carbons (Fsp3) is 0.647. The number of ether oxygens (including phenoxy) is 2. The molecule has 2 N–H and O–H groups in total. The van der Waals surface area contributed by atoms with E-state index in [1.165, 1.54) is 31.5 Å². The van der Waals surface area contributed by atoms with Crippen molar-refractivity contribution < 1.29 is 9.47 Å². The van der Waals surface area contributed by atoms with E-state index in [1.807, 2.05) is 6.07 Å². The number of nitrogens with zero attached hydrogens (tertiary/aromatic N) is 1. The number of fused-ring (bicyclic) bond motifs is 1. The van der Waals surface area contributed by atoms with E-state index in [9.17, 15) is 0 Å². The maximum atomic E-state index is 6.09. The molecule has 0 bridgehead atoms. The molecular formula is C17H26N2O2. The highest BCUT2D eigenvalue weighted by molar-refractivity contribution is 5.45. The van der Waals surface area contributed by atoms with E-state index in [4.69, 9.17) is 15.2 Å². The third-order valence-corrected chi connectivity index (χ3v) is 4.90. The van der Waals surface area contributed by atoms with Crippen LogP contribution in [0.1, 0.15) is 31.2 Å². The van der Waals surface area contributed by atoms with E-state index in [0.717, 1.165) is 18.0 Å². The summed E-state index contributed by atoms with van der Waals surface area (Å²) in [4.78, 5) is 2.52. The van der Waals surface area contributed by atoms with Crippen LogP contribution in [-0.4, -0.2) is 44.3 Å². The van der Waals surface area contributed by atoms with Gasteiger partial charge in [0.15, 0.2) is 11.5 Å². The highest BCUT2D eigenvalue weighted by atomic mass is 16.6. The van der Waals surface area contributed by atoms with Gasteiger partial charge >= 0.3 is 0 Å². The predicted octanol–water partition coefficient (Wildman–Crippen LogP) is 2.23. The Morgan fingerprint density at radius 1 is 1.19 bits per heavy atom. The van der Waals surface area contributed by atoms with Gasteiger partial charge in [-0.2, -0.15) is 0 Å². The quantitative estimate of drug-likeness (QED) is 0.924. The second-order valence-electron chi connectivity index (χ2n) is 6.02. The van der Waals surface area contributed by atoms with Crippen LogP contribution in [0, 0.1) is 5.92 Å². The molecule has 4 heteroatoms. The van der Waals surface area contributed by atoms with Crippen molar-refractivity contribution in [2.24, 2.45) is 11.7 Å². The molecule has 116 valence electrons. The SMILES string of the molecule is CCN1CCC(C(CN)c2ccc3c(c2)OCCO3)CC1.